The molecule has 0 aliphatic carbocycles. The molecule has 1 aromatic carbocycles. The Balaban J connectivity index is 1.94. The van der Waals surface area contributed by atoms with Gasteiger partial charge in [0.05, 0.1) is 10.2 Å². The first-order valence-corrected chi connectivity index (χ1v) is 7.81. The second-order valence-corrected chi connectivity index (χ2v) is 7.04. The zero-order valence-corrected chi connectivity index (χ0v) is 13.6. The standard InChI is InChI=1S/C14H13BrClNOS/c1-17(8-11-6-13(15)19-9-11)14(18)7-10-2-4-12(16)5-3-10/h2-6,9H,7-8H2,1H3. The molecule has 100 valence electrons. The van der Waals surface area contributed by atoms with Crippen LogP contribution in [0.25, 0.3) is 0 Å². The highest BCUT2D eigenvalue weighted by molar-refractivity contribution is 9.11. The number of nitrogens with zero attached hydrogens (tertiary/aromatic N) is 1. The number of halogens is 2. The van der Waals surface area contributed by atoms with Crippen molar-refractivity contribution in [2.45, 2.75) is 13.0 Å². The number of carbonyl (C=O) groups is 1. The summed E-state index contributed by atoms with van der Waals surface area (Å²) in [6.45, 7) is 0.633. The van der Waals surface area contributed by atoms with Gasteiger partial charge in [0.2, 0.25) is 5.91 Å². The van der Waals surface area contributed by atoms with Crippen molar-refractivity contribution in [3.8, 4) is 0 Å². The van der Waals surface area contributed by atoms with Gasteiger partial charge in [0.25, 0.3) is 0 Å². The van der Waals surface area contributed by atoms with Gasteiger partial charge in [0.15, 0.2) is 0 Å². The molecule has 0 saturated heterocycles. The zero-order valence-electron chi connectivity index (χ0n) is 10.4. The number of benzene rings is 1. The first-order valence-electron chi connectivity index (χ1n) is 5.76. The number of hydrogen-bond acceptors (Lipinski definition) is 2. The first kappa shape index (κ1) is 14.6. The van der Waals surface area contributed by atoms with Gasteiger partial charge >= 0.3 is 0 Å². The van der Waals surface area contributed by atoms with Crippen molar-refractivity contribution in [2.24, 2.45) is 0 Å². The molecule has 0 spiro atoms. The van der Waals surface area contributed by atoms with Crippen molar-refractivity contribution in [3.05, 3.63) is 55.6 Å². The molecule has 0 atom stereocenters. The van der Waals surface area contributed by atoms with Crippen molar-refractivity contribution in [2.75, 3.05) is 7.05 Å². The minimum atomic E-state index is 0.102. The summed E-state index contributed by atoms with van der Waals surface area (Å²) in [4.78, 5) is 13.8. The topological polar surface area (TPSA) is 20.3 Å². The average Bonchev–Trinajstić information content (AvgIpc) is 2.77. The summed E-state index contributed by atoms with van der Waals surface area (Å²) in [7, 11) is 1.82. The highest BCUT2D eigenvalue weighted by atomic mass is 79.9. The Morgan fingerprint density at radius 2 is 2.00 bits per heavy atom. The Labute approximate surface area is 130 Å². The van der Waals surface area contributed by atoms with E-state index in [1.807, 2.05) is 25.2 Å². The molecule has 0 unspecified atom stereocenters. The van der Waals surface area contributed by atoms with Crippen LogP contribution < -0.4 is 0 Å². The Bertz CT molecular complexity index is 567. The van der Waals surface area contributed by atoms with Gasteiger partial charge in [0.1, 0.15) is 0 Å². The SMILES string of the molecule is CN(Cc1csc(Br)c1)C(=O)Cc1ccc(Cl)cc1. The van der Waals surface area contributed by atoms with Crippen LogP contribution in [-0.4, -0.2) is 17.9 Å². The summed E-state index contributed by atoms with van der Waals surface area (Å²) in [5, 5.41) is 2.74. The van der Waals surface area contributed by atoms with Gasteiger partial charge < -0.3 is 4.90 Å². The lowest BCUT2D eigenvalue weighted by atomic mass is 10.1. The summed E-state index contributed by atoms with van der Waals surface area (Å²) < 4.78 is 1.08. The molecule has 0 bridgehead atoms. The molecular weight excluding hydrogens is 346 g/mol. The summed E-state index contributed by atoms with van der Waals surface area (Å²) in [5.41, 5.74) is 2.12. The molecule has 5 heteroatoms. The molecule has 2 aromatic rings. The molecule has 0 N–H and O–H groups in total. The number of likely N-dealkylation sites (N-methyl/N-ethyl adjacent to an activating group) is 1. The summed E-state index contributed by atoms with van der Waals surface area (Å²) >= 11 is 10.9. The van der Waals surface area contributed by atoms with Gasteiger partial charge in [-0.2, -0.15) is 0 Å². The van der Waals surface area contributed by atoms with Crippen molar-refractivity contribution in [1.29, 1.82) is 0 Å². The number of carbonyl (C=O) groups excluding carboxylic acids is 1. The molecule has 2 rings (SSSR count). The lowest BCUT2D eigenvalue weighted by Gasteiger charge is -2.16. The Kier molecular flexibility index (Phi) is 5.02. The largest absolute Gasteiger partial charge is 0.341 e. The summed E-state index contributed by atoms with van der Waals surface area (Å²) in [5.74, 6) is 0.102. The lowest BCUT2D eigenvalue weighted by Crippen LogP contribution is -2.27. The highest BCUT2D eigenvalue weighted by Gasteiger charge is 2.11. The van der Waals surface area contributed by atoms with Crippen molar-refractivity contribution < 1.29 is 4.79 Å². The normalized spacial score (nSPS) is 10.5. The maximum Gasteiger partial charge on any atom is 0.227 e. The van der Waals surface area contributed by atoms with E-state index in [0.717, 1.165) is 14.9 Å². The number of rotatable bonds is 4. The molecule has 19 heavy (non-hydrogen) atoms. The third kappa shape index (κ3) is 4.34. The van der Waals surface area contributed by atoms with Crippen LogP contribution in [0.2, 0.25) is 5.02 Å². The minimum Gasteiger partial charge on any atom is -0.341 e. The monoisotopic (exact) mass is 357 g/mol. The van der Waals surface area contributed by atoms with Crippen LogP contribution in [0.3, 0.4) is 0 Å². The number of hydrogen-bond donors (Lipinski definition) is 0. The molecule has 0 aliphatic heterocycles. The predicted molar refractivity (Wildman–Crippen MR) is 83.6 cm³/mol. The van der Waals surface area contributed by atoms with Crippen LogP contribution in [0.5, 0.6) is 0 Å². The Morgan fingerprint density at radius 1 is 1.32 bits per heavy atom. The molecule has 1 heterocycles. The van der Waals surface area contributed by atoms with Crippen LogP contribution in [-0.2, 0) is 17.8 Å². The third-order valence-electron chi connectivity index (χ3n) is 2.74. The van der Waals surface area contributed by atoms with Gasteiger partial charge in [-0.25, -0.2) is 0 Å². The van der Waals surface area contributed by atoms with E-state index in [2.05, 4.69) is 21.3 Å². The molecule has 0 radical (unpaired) electrons. The fourth-order valence-corrected chi connectivity index (χ4v) is 3.03. The third-order valence-corrected chi connectivity index (χ3v) is 4.54. The van der Waals surface area contributed by atoms with Crippen molar-refractivity contribution >= 4 is 44.8 Å². The van der Waals surface area contributed by atoms with Crippen molar-refractivity contribution in [1.82, 2.24) is 4.90 Å². The van der Waals surface area contributed by atoms with E-state index in [4.69, 9.17) is 11.6 Å². The van der Waals surface area contributed by atoms with E-state index in [0.29, 0.717) is 18.0 Å². The van der Waals surface area contributed by atoms with Gasteiger partial charge in [-0.05, 0) is 50.6 Å². The van der Waals surface area contributed by atoms with Crippen LogP contribution >= 0.6 is 38.9 Å². The molecule has 0 aliphatic rings. The van der Waals surface area contributed by atoms with Crippen molar-refractivity contribution in [3.63, 3.8) is 0 Å². The minimum absolute atomic E-state index is 0.102. The molecule has 0 saturated carbocycles. The maximum absolute atomic E-state index is 12.1. The van der Waals surface area contributed by atoms with Crippen LogP contribution in [0.4, 0.5) is 0 Å². The van der Waals surface area contributed by atoms with Gasteiger partial charge in [-0.15, -0.1) is 11.3 Å². The van der Waals surface area contributed by atoms with Crippen LogP contribution in [0.1, 0.15) is 11.1 Å². The predicted octanol–water partition coefficient (Wildman–Crippen LogP) is 4.37. The molecule has 1 amide bonds. The first-order chi connectivity index (χ1) is 9.04. The second kappa shape index (κ2) is 6.55. The fraction of sp³-hybridized carbons (Fsp3) is 0.214. The van der Waals surface area contributed by atoms with E-state index >= 15 is 0 Å². The van der Waals surface area contributed by atoms with Crippen LogP contribution in [0, 0.1) is 0 Å². The van der Waals surface area contributed by atoms with E-state index in [1.54, 1.807) is 28.4 Å². The average molecular weight is 359 g/mol. The van der Waals surface area contributed by atoms with E-state index in [1.165, 1.54) is 0 Å². The molecular formula is C14H13BrClNOS. The summed E-state index contributed by atoms with van der Waals surface area (Å²) in [6, 6.07) is 9.42. The highest BCUT2D eigenvalue weighted by Crippen LogP contribution is 2.21. The molecule has 2 nitrogen and oxygen atoms in total. The van der Waals surface area contributed by atoms with Gasteiger partial charge in [0, 0.05) is 18.6 Å². The van der Waals surface area contributed by atoms with Gasteiger partial charge in [-0.3, -0.25) is 4.79 Å². The smallest absolute Gasteiger partial charge is 0.227 e. The maximum atomic E-state index is 12.1. The lowest BCUT2D eigenvalue weighted by molar-refractivity contribution is -0.129. The van der Waals surface area contributed by atoms with E-state index < -0.39 is 0 Å². The zero-order chi connectivity index (χ0) is 13.8. The quantitative estimate of drug-likeness (QED) is 0.795. The fourth-order valence-electron chi connectivity index (χ4n) is 1.70. The second-order valence-electron chi connectivity index (χ2n) is 4.31. The van der Waals surface area contributed by atoms with Gasteiger partial charge in [-0.1, -0.05) is 23.7 Å². The molecule has 1 aromatic heterocycles. The Morgan fingerprint density at radius 3 is 2.58 bits per heavy atom. The number of amides is 1. The summed E-state index contributed by atoms with van der Waals surface area (Å²) in [6.07, 6.45) is 0.402. The Hall–Kier alpha value is -0.840. The van der Waals surface area contributed by atoms with E-state index in [-0.39, 0.29) is 5.91 Å². The van der Waals surface area contributed by atoms with Crippen LogP contribution in [0.15, 0.2) is 39.5 Å². The number of thiophene rings is 1. The molecule has 0 fully saturated rings. The van der Waals surface area contributed by atoms with E-state index in [9.17, 15) is 4.79 Å².